The molecule has 2 rings (SSSR count). The number of phenols is 1. The molecule has 1 aliphatic rings. The van der Waals surface area contributed by atoms with Gasteiger partial charge >= 0.3 is 0 Å². The first-order chi connectivity index (χ1) is 7.24. The first-order valence-electron chi connectivity index (χ1n) is 5.45. The summed E-state index contributed by atoms with van der Waals surface area (Å²) >= 11 is 0. The zero-order valence-corrected chi connectivity index (χ0v) is 8.75. The van der Waals surface area contributed by atoms with Crippen LogP contribution in [0.3, 0.4) is 0 Å². The average Bonchev–Trinajstić information content (AvgIpc) is 2.17. The van der Waals surface area contributed by atoms with Crippen LogP contribution in [-0.4, -0.2) is 23.1 Å². The topological polar surface area (TPSA) is 23.5 Å². The van der Waals surface area contributed by atoms with Gasteiger partial charge in [0.25, 0.3) is 0 Å². The Morgan fingerprint density at radius 1 is 1.13 bits per heavy atom. The molecule has 1 aromatic rings. The van der Waals surface area contributed by atoms with E-state index in [1.165, 1.54) is 25.3 Å². The number of likely N-dealkylation sites (tertiary alicyclic amines) is 1. The molecule has 1 aliphatic heterocycles. The van der Waals surface area contributed by atoms with Gasteiger partial charge in [-0.15, -0.1) is 0 Å². The standard InChI is InChI=1S/C12H16FNO/c13-11-6-10(7-12(15)8-11)9-14-4-2-1-3-5-14/h6-8,15H,1-5,9H2. The number of piperidine rings is 1. The van der Waals surface area contributed by atoms with Crippen LogP contribution in [0.1, 0.15) is 24.8 Å². The predicted molar refractivity (Wildman–Crippen MR) is 57.2 cm³/mol. The second-order valence-corrected chi connectivity index (χ2v) is 4.15. The minimum absolute atomic E-state index is 0.0157. The molecule has 0 radical (unpaired) electrons. The van der Waals surface area contributed by atoms with Gasteiger partial charge in [0.2, 0.25) is 0 Å². The van der Waals surface area contributed by atoms with Crippen molar-refractivity contribution in [2.75, 3.05) is 13.1 Å². The number of benzene rings is 1. The fraction of sp³-hybridized carbons (Fsp3) is 0.500. The van der Waals surface area contributed by atoms with Crippen LogP contribution in [0, 0.1) is 5.82 Å². The fourth-order valence-corrected chi connectivity index (χ4v) is 2.10. The largest absolute Gasteiger partial charge is 0.508 e. The maximum absolute atomic E-state index is 13.0. The van der Waals surface area contributed by atoms with Gasteiger partial charge in [0.05, 0.1) is 0 Å². The number of phenolic OH excluding ortho intramolecular Hbond substituents is 1. The van der Waals surface area contributed by atoms with Gasteiger partial charge in [0.1, 0.15) is 11.6 Å². The van der Waals surface area contributed by atoms with E-state index in [0.29, 0.717) is 0 Å². The Balaban J connectivity index is 2.02. The molecule has 1 heterocycles. The minimum Gasteiger partial charge on any atom is -0.508 e. The lowest BCUT2D eigenvalue weighted by Gasteiger charge is -2.26. The van der Waals surface area contributed by atoms with Crippen LogP contribution >= 0.6 is 0 Å². The van der Waals surface area contributed by atoms with E-state index < -0.39 is 0 Å². The van der Waals surface area contributed by atoms with E-state index in [4.69, 9.17) is 0 Å². The Kier molecular flexibility index (Phi) is 3.21. The molecule has 0 aliphatic carbocycles. The summed E-state index contributed by atoms with van der Waals surface area (Å²) in [4.78, 5) is 2.30. The third-order valence-electron chi connectivity index (χ3n) is 2.80. The number of halogens is 1. The van der Waals surface area contributed by atoms with Crippen molar-refractivity contribution in [2.45, 2.75) is 25.8 Å². The van der Waals surface area contributed by atoms with Crippen molar-refractivity contribution in [3.05, 3.63) is 29.6 Å². The van der Waals surface area contributed by atoms with E-state index >= 15 is 0 Å². The van der Waals surface area contributed by atoms with Crippen LogP contribution in [0.4, 0.5) is 4.39 Å². The highest BCUT2D eigenvalue weighted by Crippen LogP contribution is 2.18. The summed E-state index contributed by atoms with van der Waals surface area (Å²) in [5, 5.41) is 9.26. The van der Waals surface area contributed by atoms with Crippen LogP contribution in [0.25, 0.3) is 0 Å². The number of aromatic hydroxyl groups is 1. The molecular formula is C12H16FNO. The molecule has 1 fully saturated rings. The first kappa shape index (κ1) is 10.4. The highest BCUT2D eigenvalue weighted by molar-refractivity contribution is 5.28. The Bertz CT molecular complexity index is 314. The second kappa shape index (κ2) is 4.62. The highest BCUT2D eigenvalue weighted by atomic mass is 19.1. The summed E-state index contributed by atoms with van der Waals surface area (Å²) in [5.74, 6) is -0.344. The van der Waals surface area contributed by atoms with Crippen molar-refractivity contribution in [3.8, 4) is 5.75 Å². The zero-order chi connectivity index (χ0) is 10.7. The highest BCUT2D eigenvalue weighted by Gasteiger charge is 2.11. The van der Waals surface area contributed by atoms with Gasteiger partial charge < -0.3 is 5.11 Å². The molecule has 3 heteroatoms. The number of hydrogen-bond acceptors (Lipinski definition) is 2. The normalized spacial score (nSPS) is 17.9. The molecule has 1 N–H and O–H groups in total. The summed E-state index contributed by atoms with van der Waals surface area (Å²) < 4.78 is 13.0. The Labute approximate surface area is 89.3 Å². The number of nitrogens with zero attached hydrogens (tertiary/aromatic N) is 1. The third-order valence-corrected chi connectivity index (χ3v) is 2.80. The maximum Gasteiger partial charge on any atom is 0.127 e. The van der Waals surface area contributed by atoms with Crippen molar-refractivity contribution < 1.29 is 9.50 Å². The van der Waals surface area contributed by atoms with Crippen LogP contribution in [0.5, 0.6) is 5.75 Å². The molecule has 1 aromatic carbocycles. The van der Waals surface area contributed by atoms with E-state index in [2.05, 4.69) is 4.90 Å². The van der Waals surface area contributed by atoms with Crippen LogP contribution < -0.4 is 0 Å². The lowest BCUT2D eigenvalue weighted by atomic mass is 10.1. The lowest BCUT2D eigenvalue weighted by molar-refractivity contribution is 0.220. The van der Waals surface area contributed by atoms with Gasteiger partial charge in [-0.3, -0.25) is 4.90 Å². The molecule has 0 amide bonds. The molecule has 2 nitrogen and oxygen atoms in total. The van der Waals surface area contributed by atoms with Gasteiger partial charge in [-0.25, -0.2) is 4.39 Å². The monoisotopic (exact) mass is 209 g/mol. The summed E-state index contributed by atoms with van der Waals surface area (Å²) in [6.07, 6.45) is 3.74. The number of hydrogen-bond donors (Lipinski definition) is 1. The van der Waals surface area contributed by atoms with Gasteiger partial charge in [-0.1, -0.05) is 6.42 Å². The van der Waals surface area contributed by atoms with Gasteiger partial charge in [-0.05, 0) is 43.6 Å². The summed E-state index contributed by atoms with van der Waals surface area (Å²) in [7, 11) is 0. The summed E-state index contributed by atoms with van der Waals surface area (Å²) in [6.45, 7) is 2.90. The van der Waals surface area contributed by atoms with Gasteiger partial charge in [0, 0.05) is 12.6 Å². The molecule has 1 saturated heterocycles. The smallest absolute Gasteiger partial charge is 0.127 e. The summed E-state index contributed by atoms with van der Waals surface area (Å²) in [6, 6.07) is 4.27. The zero-order valence-electron chi connectivity index (χ0n) is 8.75. The number of rotatable bonds is 2. The Morgan fingerprint density at radius 2 is 1.87 bits per heavy atom. The summed E-state index contributed by atoms with van der Waals surface area (Å²) in [5.41, 5.74) is 0.856. The molecule has 0 unspecified atom stereocenters. The quantitative estimate of drug-likeness (QED) is 0.809. The van der Waals surface area contributed by atoms with Crippen molar-refractivity contribution >= 4 is 0 Å². The Morgan fingerprint density at radius 3 is 2.53 bits per heavy atom. The maximum atomic E-state index is 13.0. The Hall–Kier alpha value is -1.09. The molecular weight excluding hydrogens is 193 g/mol. The van der Waals surface area contributed by atoms with Crippen LogP contribution in [0.2, 0.25) is 0 Å². The van der Waals surface area contributed by atoms with Crippen LogP contribution in [-0.2, 0) is 6.54 Å². The molecule has 82 valence electrons. The van der Waals surface area contributed by atoms with E-state index in [1.807, 2.05) is 0 Å². The van der Waals surface area contributed by atoms with E-state index in [-0.39, 0.29) is 11.6 Å². The van der Waals surface area contributed by atoms with E-state index in [0.717, 1.165) is 31.3 Å². The third kappa shape index (κ3) is 2.93. The van der Waals surface area contributed by atoms with Crippen molar-refractivity contribution in [2.24, 2.45) is 0 Å². The van der Waals surface area contributed by atoms with Crippen molar-refractivity contribution in [1.29, 1.82) is 0 Å². The molecule has 0 aromatic heterocycles. The lowest BCUT2D eigenvalue weighted by Crippen LogP contribution is -2.29. The second-order valence-electron chi connectivity index (χ2n) is 4.15. The molecule has 0 atom stereocenters. The SMILES string of the molecule is Oc1cc(F)cc(CN2CCCCC2)c1. The van der Waals surface area contributed by atoms with Gasteiger partial charge in [0.15, 0.2) is 0 Å². The molecule has 0 bridgehead atoms. The van der Waals surface area contributed by atoms with E-state index in [9.17, 15) is 9.50 Å². The van der Waals surface area contributed by atoms with Crippen molar-refractivity contribution in [3.63, 3.8) is 0 Å². The predicted octanol–water partition coefficient (Wildman–Crippen LogP) is 2.52. The van der Waals surface area contributed by atoms with Gasteiger partial charge in [-0.2, -0.15) is 0 Å². The average molecular weight is 209 g/mol. The molecule has 15 heavy (non-hydrogen) atoms. The minimum atomic E-state index is -0.359. The van der Waals surface area contributed by atoms with E-state index in [1.54, 1.807) is 6.07 Å². The molecule has 0 saturated carbocycles. The van der Waals surface area contributed by atoms with Crippen molar-refractivity contribution in [1.82, 2.24) is 4.90 Å². The fourth-order valence-electron chi connectivity index (χ4n) is 2.10. The first-order valence-corrected chi connectivity index (χ1v) is 5.45. The van der Waals surface area contributed by atoms with Crippen LogP contribution in [0.15, 0.2) is 18.2 Å². The molecule has 0 spiro atoms.